The molecule has 25 heavy (non-hydrogen) atoms. The number of rotatable bonds is 5. The third-order valence-electron chi connectivity index (χ3n) is 4.05. The maximum Gasteiger partial charge on any atom is 0.276 e. The lowest BCUT2D eigenvalue weighted by atomic mass is 10.1. The molecule has 0 spiro atoms. The number of carbonyl (C=O) groups is 1. The molecule has 0 aliphatic carbocycles. The maximum absolute atomic E-state index is 13.1. The van der Waals surface area contributed by atoms with Gasteiger partial charge in [-0.15, -0.1) is 0 Å². The van der Waals surface area contributed by atoms with E-state index in [1.54, 1.807) is 17.0 Å². The second-order valence-corrected chi connectivity index (χ2v) is 6.66. The molecule has 1 aromatic heterocycles. The van der Waals surface area contributed by atoms with Crippen LogP contribution in [0.4, 0.5) is 4.39 Å². The first-order valence-corrected chi connectivity index (χ1v) is 8.32. The van der Waals surface area contributed by atoms with Crippen LogP contribution in [0, 0.1) is 5.92 Å². The van der Waals surface area contributed by atoms with Gasteiger partial charge in [-0.3, -0.25) is 14.8 Å². The summed E-state index contributed by atoms with van der Waals surface area (Å²) in [7, 11) is 1.88. The zero-order valence-electron chi connectivity index (χ0n) is 14.6. The summed E-state index contributed by atoms with van der Waals surface area (Å²) in [6.45, 7) is 3.54. The van der Waals surface area contributed by atoms with E-state index in [1.165, 1.54) is 0 Å². The van der Waals surface area contributed by atoms with Gasteiger partial charge in [0.2, 0.25) is 5.96 Å². The highest BCUT2D eigenvalue weighted by molar-refractivity contribution is 6.13. The van der Waals surface area contributed by atoms with Gasteiger partial charge in [-0.2, -0.15) is 5.10 Å². The number of aryl methyl sites for hydroxylation is 1. The second-order valence-electron chi connectivity index (χ2n) is 6.66. The molecule has 0 saturated carbocycles. The first-order valence-electron chi connectivity index (χ1n) is 8.32. The maximum atomic E-state index is 13.1. The molecule has 0 bridgehead atoms. The molecule has 2 aromatic rings. The number of amides is 1. The van der Waals surface area contributed by atoms with Crippen molar-refractivity contribution in [2.75, 3.05) is 6.67 Å². The summed E-state index contributed by atoms with van der Waals surface area (Å²) < 4.78 is 14.9. The summed E-state index contributed by atoms with van der Waals surface area (Å²) in [6, 6.07) is 5.46. The lowest BCUT2D eigenvalue weighted by Crippen LogP contribution is -2.44. The molecule has 1 aliphatic heterocycles. The first-order chi connectivity index (χ1) is 12.0. The summed E-state index contributed by atoms with van der Waals surface area (Å²) >= 11 is 0. The van der Waals surface area contributed by atoms with E-state index >= 15 is 0 Å². The van der Waals surface area contributed by atoms with Crippen molar-refractivity contribution in [3.63, 3.8) is 0 Å². The number of fused-ring (bicyclic) bond motifs is 1. The fourth-order valence-corrected chi connectivity index (χ4v) is 2.89. The van der Waals surface area contributed by atoms with Gasteiger partial charge in [0.25, 0.3) is 5.91 Å². The largest absolute Gasteiger partial charge is 0.350 e. The highest BCUT2D eigenvalue weighted by atomic mass is 19.1. The predicted octanol–water partition coefficient (Wildman–Crippen LogP) is 2.37. The van der Waals surface area contributed by atoms with Crippen molar-refractivity contribution >= 4 is 28.8 Å². The lowest BCUT2D eigenvalue weighted by molar-refractivity contribution is -0.115. The average molecular weight is 343 g/mol. The van der Waals surface area contributed by atoms with Crippen molar-refractivity contribution in [3.05, 3.63) is 35.7 Å². The number of nitrogens with one attached hydrogen (secondary N) is 2. The molecule has 0 radical (unpaired) electrons. The summed E-state index contributed by atoms with van der Waals surface area (Å²) in [6.07, 6.45) is 4.16. The molecule has 1 aliphatic rings. The van der Waals surface area contributed by atoms with Gasteiger partial charge in [-0.25, -0.2) is 9.38 Å². The van der Waals surface area contributed by atoms with Crippen molar-refractivity contribution in [3.8, 4) is 0 Å². The number of hydrogen-bond donors (Lipinski definition) is 2. The summed E-state index contributed by atoms with van der Waals surface area (Å²) in [5.74, 6) is 0.366. The molecule has 2 N–H and O–H groups in total. The van der Waals surface area contributed by atoms with Crippen LogP contribution < -0.4 is 10.6 Å². The number of carbonyl (C=O) groups excluding carboxylic acids is 1. The number of nitrogens with zero attached hydrogens (tertiary/aromatic N) is 3. The monoisotopic (exact) mass is 343 g/mol. The molecule has 6 nitrogen and oxygen atoms in total. The van der Waals surface area contributed by atoms with Gasteiger partial charge in [-0.05, 0) is 36.1 Å². The molecule has 0 fully saturated rings. The fourth-order valence-electron chi connectivity index (χ4n) is 2.89. The SMILES string of the molecule is CC(C)CC(CF)NC1=N/C(=C\c2ccc3c(cnn3C)c2)C(=O)N1. The van der Waals surface area contributed by atoms with Gasteiger partial charge in [0.1, 0.15) is 12.4 Å². The van der Waals surface area contributed by atoms with Gasteiger partial charge in [-0.1, -0.05) is 19.9 Å². The second kappa shape index (κ2) is 7.04. The van der Waals surface area contributed by atoms with E-state index in [-0.39, 0.29) is 11.9 Å². The Hall–Kier alpha value is -2.70. The topological polar surface area (TPSA) is 71.3 Å². The number of hydrogen-bond acceptors (Lipinski definition) is 4. The summed E-state index contributed by atoms with van der Waals surface area (Å²) in [5.41, 5.74) is 2.18. The van der Waals surface area contributed by atoms with Crippen LogP contribution in [-0.4, -0.2) is 34.4 Å². The Kier molecular flexibility index (Phi) is 4.83. The third kappa shape index (κ3) is 3.87. The van der Waals surface area contributed by atoms with Crippen LogP contribution in [0.25, 0.3) is 17.0 Å². The zero-order valence-corrected chi connectivity index (χ0v) is 14.6. The number of halogens is 1. The third-order valence-corrected chi connectivity index (χ3v) is 4.05. The van der Waals surface area contributed by atoms with Gasteiger partial charge in [0.05, 0.1) is 17.8 Å². The number of benzene rings is 1. The van der Waals surface area contributed by atoms with Crippen LogP contribution in [0.2, 0.25) is 0 Å². The van der Waals surface area contributed by atoms with Crippen LogP contribution in [0.3, 0.4) is 0 Å². The quantitative estimate of drug-likeness (QED) is 0.819. The highest BCUT2D eigenvalue weighted by Gasteiger charge is 2.22. The number of aromatic nitrogens is 2. The highest BCUT2D eigenvalue weighted by Crippen LogP contribution is 2.18. The summed E-state index contributed by atoms with van der Waals surface area (Å²) in [4.78, 5) is 16.4. The standard InChI is InChI=1S/C18H22FN5O/c1-11(2)6-14(9-19)21-18-22-15(17(25)23-18)8-12-4-5-16-13(7-12)10-20-24(16)3/h4-5,7-8,10-11,14H,6,9H2,1-3H3,(H2,21,22,23,25)/b15-8-. The Labute approximate surface area is 145 Å². The van der Waals surface area contributed by atoms with Crippen molar-refractivity contribution in [1.82, 2.24) is 20.4 Å². The van der Waals surface area contributed by atoms with Crippen LogP contribution in [0.5, 0.6) is 0 Å². The van der Waals surface area contributed by atoms with Gasteiger partial charge in [0, 0.05) is 12.4 Å². The van der Waals surface area contributed by atoms with E-state index < -0.39 is 6.67 Å². The molecule has 1 atom stereocenters. The Morgan fingerprint density at radius 2 is 2.20 bits per heavy atom. The number of aliphatic imine (C=N–C) groups is 1. The lowest BCUT2D eigenvalue weighted by Gasteiger charge is -2.17. The molecule has 1 amide bonds. The number of guanidine groups is 1. The molecule has 1 unspecified atom stereocenters. The van der Waals surface area contributed by atoms with Crippen LogP contribution in [-0.2, 0) is 11.8 Å². The molecule has 2 heterocycles. The molecule has 132 valence electrons. The fraction of sp³-hybridized carbons (Fsp3) is 0.389. The van der Waals surface area contributed by atoms with E-state index in [1.807, 2.05) is 39.1 Å². The van der Waals surface area contributed by atoms with E-state index in [2.05, 4.69) is 20.7 Å². The van der Waals surface area contributed by atoms with Crippen molar-refractivity contribution < 1.29 is 9.18 Å². The minimum absolute atomic E-state index is 0.295. The van der Waals surface area contributed by atoms with Crippen LogP contribution >= 0.6 is 0 Å². The molecule has 0 saturated heterocycles. The minimum Gasteiger partial charge on any atom is -0.350 e. The van der Waals surface area contributed by atoms with Crippen LogP contribution in [0.15, 0.2) is 35.1 Å². The summed E-state index contributed by atoms with van der Waals surface area (Å²) in [5, 5.41) is 10.8. The smallest absolute Gasteiger partial charge is 0.276 e. The molecular formula is C18H22FN5O. The molecule has 3 rings (SSSR count). The van der Waals surface area contributed by atoms with E-state index in [0.29, 0.717) is 24.0 Å². The van der Waals surface area contributed by atoms with Crippen molar-refractivity contribution in [2.24, 2.45) is 18.0 Å². The Balaban J connectivity index is 1.79. The number of alkyl halides is 1. The molecule has 1 aromatic carbocycles. The molecular weight excluding hydrogens is 321 g/mol. The van der Waals surface area contributed by atoms with Gasteiger partial charge < -0.3 is 5.32 Å². The molecule has 7 heteroatoms. The van der Waals surface area contributed by atoms with Gasteiger partial charge >= 0.3 is 0 Å². The first kappa shape index (κ1) is 17.1. The van der Waals surface area contributed by atoms with E-state index in [9.17, 15) is 9.18 Å². The van der Waals surface area contributed by atoms with E-state index in [4.69, 9.17) is 0 Å². The normalized spacial score (nSPS) is 17.2. The Morgan fingerprint density at radius 3 is 2.92 bits per heavy atom. The van der Waals surface area contributed by atoms with Gasteiger partial charge in [0.15, 0.2) is 0 Å². The Morgan fingerprint density at radius 1 is 1.40 bits per heavy atom. The van der Waals surface area contributed by atoms with Crippen LogP contribution in [0.1, 0.15) is 25.8 Å². The minimum atomic E-state index is -0.510. The zero-order chi connectivity index (χ0) is 18.0. The predicted molar refractivity (Wildman–Crippen MR) is 96.6 cm³/mol. The van der Waals surface area contributed by atoms with Crippen molar-refractivity contribution in [2.45, 2.75) is 26.3 Å². The Bertz CT molecular complexity index is 852. The van der Waals surface area contributed by atoms with E-state index in [0.717, 1.165) is 16.5 Å². The average Bonchev–Trinajstić information content (AvgIpc) is 3.09. The van der Waals surface area contributed by atoms with Crippen molar-refractivity contribution in [1.29, 1.82) is 0 Å².